The molecule has 4 aromatic rings. The Morgan fingerprint density at radius 3 is 2.09 bits per heavy atom. The summed E-state index contributed by atoms with van der Waals surface area (Å²) >= 11 is 12.6. The van der Waals surface area contributed by atoms with Crippen molar-refractivity contribution in [2.24, 2.45) is 0 Å². The van der Waals surface area contributed by atoms with E-state index in [4.69, 9.17) is 23.2 Å². The quantitative estimate of drug-likeness (QED) is 0.166. The zero-order valence-electron chi connectivity index (χ0n) is 25.5. The first-order valence-electron chi connectivity index (χ1n) is 14.7. The summed E-state index contributed by atoms with van der Waals surface area (Å²) in [6, 6.07) is 28.2. The van der Waals surface area contributed by atoms with Crippen molar-refractivity contribution >= 4 is 50.7 Å². The molecule has 4 rings (SSSR count). The highest BCUT2D eigenvalue weighted by atomic mass is 35.5. The van der Waals surface area contributed by atoms with E-state index in [1.807, 2.05) is 50.2 Å². The molecular weight excluding hydrogens is 629 g/mol. The van der Waals surface area contributed by atoms with Crippen LogP contribution in [0.5, 0.6) is 0 Å². The fourth-order valence-electron chi connectivity index (χ4n) is 4.91. The molecule has 2 amide bonds. The van der Waals surface area contributed by atoms with Crippen molar-refractivity contribution in [3.8, 4) is 0 Å². The first-order chi connectivity index (χ1) is 21.5. The molecule has 0 spiro atoms. The highest BCUT2D eigenvalue weighted by Gasteiger charge is 2.35. The Labute approximate surface area is 275 Å². The van der Waals surface area contributed by atoms with Crippen LogP contribution in [0.1, 0.15) is 37.0 Å². The topological polar surface area (TPSA) is 86.8 Å². The highest BCUT2D eigenvalue weighted by Crippen LogP contribution is 2.30. The van der Waals surface area contributed by atoms with Gasteiger partial charge in [0.25, 0.3) is 10.0 Å². The second kappa shape index (κ2) is 15.4. The molecule has 0 aliphatic carbocycles. The van der Waals surface area contributed by atoms with Crippen LogP contribution in [0.3, 0.4) is 0 Å². The Morgan fingerprint density at radius 2 is 1.44 bits per heavy atom. The summed E-state index contributed by atoms with van der Waals surface area (Å²) in [4.78, 5) is 29.9. The van der Waals surface area contributed by atoms with Gasteiger partial charge in [-0.1, -0.05) is 96.9 Å². The zero-order chi connectivity index (χ0) is 32.6. The molecule has 2 atom stereocenters. The number of hydrogen-bond donors (Lipinski definition) is 1. The third-order valence-electron chi connectivity index (χ3n) is 7.56. The standard InChI is InChI=1S/C35H37Cl2N3O4S/c1-4-26(3)38-35(42)33(21-27-12-7-5-8-13-27)39(23-28-14-11-15-29(36)20-28)34(41)24-40(32-22-30(37)19-18-25(32)2)45(43,44)31-16-9-6-10-17-31/h5-20,22,26,33H,4,21,23-24H2,1-3H3,(H,38,42)/t26-,33+/m0/s1. The van der Waals surface area contributed by atoms with Gasteiger partial charge in [0.2, 0.25) is 11.8 Å². The SMILES string of the molecule is CC[C@H](C)NC(=O)[C@@H](Cc1ccccc1)N(Cc1cccc(Cl)c1)C(=O)CN(c1cc(Cl)ccc1C)S(=O)(=O)c1ccccc1. The van der Waals surface area contributed by atoms with Crippen LogP contribution in [0.2, 0.25) is 10.0 Å². The Balaban J connectivity index is 1.83. The van der Waals surface area contributed by atoms with Crippen molar-refractivity contribution in [3.63, 3.8) is 0 Å². The summed E-state index contributed by atoms with van der Waals surface area (Å²) in [7, 11) is -4.22. The summed E-state index contributed by atoms with van der Waals surface area (Å²) in [5.74, 6) is -0.894. The fourth-order valence-corrected chi connectivity index (χ4v) is 6.78. The largest absolute Gasteiger partial charge is 0.352 e. The summed E-state index contributed by atoms with van der Waals surface area (Å²) in [5, 5.41) is 3.83. The van der Waals surface area contributed by atoms with E-state index in [2.05, 4.69) is 5.32 Å². The third kappa shape index (κ3) is 8.87. The molecule has 4 aromatic carbocycles. The Kier molecular flexibility index (Phi) is 11.7. The first kappa shape index (κ1) is 34.0. The number of nitrogens with one attached hydrogen (secondary N) is 1. The maximum atomic E-state index is 14.6. The Bertz CT molecular complexity index is 1720. The number of amides is 2. The number of anilines is 1. The molecular formula is C35H37Cl2N3O4S. The molecule has 10 heteroatoms. The molecule has 45 heavy (non-hydrogen) atoms. The van der Waals surface area contributed by atoms with Gasteiger partial charge in [-0.3, -0.25) is 13.9 Å². The number of benzene rings is 4. The van der Waals surface area contributed by atoms with Gasteiger partial charge in [0, 0.05) is 29.1 Å². The van der Waals surface area contributed by atoms with E-state index in [0.29, 0.717) is 27.6 Å². The van der Waals surface area contributed by atoms with Crippen LogP contribution in [-0.4, -0.2) is 43.8 Å². The van der Waals surface area contributed by atoms with Gasteiger partial charge in [0.1, 0.15) is 12.6 Å². The highest BCUT2D eigenvalue weighted by molar-refractivity contribution is 7.92. The molecule has 0 aromatic heterocycles. The van der Waals surface area contributed by atoms with Crippen LogP contribution < -0.4 is 9.62 Å². The minimum absolute atomic E-state index is 0.0221. The minimum Gasteiger partial charge on any atom is -0.352 e. The van der Waals surface area contributed by atoms with E-state index in [-0.39, 0.29) is 35.5 Å². The Morgan fingerprint density at radius 1 is 0.822 bits per heavy atom. The van der Waals surface area contributed by atoms with Crippen molar-refractivity contribution in [2.45, 2.75) is 57.1 Å². The van der Waals surface area contributed by atoms with E-state index in [1.165, 1.54) is 23.1 Å². The summed E-state index contributed by atoms with van der Waals surface area (Å²) in [6.07, 6.45) is 0.917. The molecule has 0 heterocycles. The average Bonchev–Trinajstić information content (AvgIpc) is 3.03. The van der Waals surface area contributed by atoms with E-state index >= 15 is 0 Å². The molecule has 7 nitrogen and oxygen atoms in total. The number of carbonyl (C=O) groups excluding carboxylic acids is 2. The molecule has 236 valence electrons. The monoisotopic (exact) mass is 665 g/mol. The number of aryl methyl sites for hydroxylation is 1. The summed E-state index contributed by atoms with van der Waals surface area (Å²) < 4.78 is 29.4. The van der Waals surface area contributed by atoms with Crippen LogP contribution in [0.25, 0.3) is 0 Å². The molecule has 0 unspecified atom stereocenters. The lowest BCUT2D eigenvalue weighted by molar-refractivity contribution is -0.140. The number of hydrogen-bond acceptors (Lipinski definition) is 4. The number of halogens is 2. The van der Waals surface area contributed by atoms with Crippen molar-refractivity contribution in [3.05, 3.63) is 130 Å². The summed E-state index contributed by atoms with van der Waals surface area (Å²) in [6.45, 7) is 5.08. The van der Waals surface area contributed by atoms with Gasteiger partial charge in [-0.15, -0.1) is 0 Å². The maximum Gasteiger partial charge on any atom is 0.264 e. The summed E-state index contributed by atoms with van der Waals surface area (Å²) in [5.41, 5.74) is 2.43. The van der Waals surface area contributed by atoms with Gasteiger partial charge in [0.15, 0.2) is 0 Å². The van der Waals surface area contributed by atoms with Gasteiger partial charge in [0.05, 0.1) is 10.6 Å². The average molecular weight is 667 g/mol. The normalized spacial score (nSPS) is 12.6. The third-order valence-corrected chi connectivity index (χ3v) is 9.81. The number of carbonyl (C=O) groups is 2. The molecule has 1 N–H and O–H groups in total. The lowest BCUT2D eigenvalue weighted by Crippen LogP contribution is -2.54. The van der Waals surface area contributed by atoms with Crippen molar-refractivity contribution in [1.29, 1.82) is 0 Å². The van der Waals surface area contributed by atoms with Gasteiger partial charge < -0.3 is 10.2 Å². The van der Waals surface area contributed by atoms with E-state index in [0.717, 1.165) is 9.87 Å². The van der Waals surface area contributed by atoms with E-state index in [1.54, 1.807) is 55.5 Å². The minimum atomic E-state index is -4.22. The van der Waals surface area contributed by atoms with Gasteiger partial charge in [-0.25, -0.2) is 8.42 Å². The van der Waals surface area contributed by atoms with Crippen LogP contribution in [0.15, 0.2) is 108 Å². The second-order valence-corrected chi connectivity index (χ2v) is 13.7. The van der Waals surface area contributed by atoms with Crippen molar-refractivity contribution < 1.29 is 18.0 Å². The smallest absolute Gasteiger partial charge is 0.264 e. The first-order valence-corrected chi connectivity index (χ1v) is 16.9. The zero-order valence-corrected chi connectivity index (χ0v) is 27.8. The fraction of sp³-hybridized carbons (Fsp3) is 0.257. The lowest BCUT2D eigenvalue weighted by Gasteiger charge is -2.34. The van der Waals surface area contributed by atoms with Crippen LogP contribution in [-0.2, 0) is 32.6 Å². The molecule has 0 bridgehead atoms. The van der Waals surface area contributed by atoms with Crippen molar-refractivity contribution in [2.75, 3.05) is 10.8 Å². The van der Waals surface area contributed by atoms with Gasteiger partial charge in [-0.2, -0.15) is 0 Å². The Hall–Kier alpha value is -3.85. The van der Waals surface area contributed by atoms with E-state index < -0.39 is 28.5 Å². The lowest BCUT2D eigenvalue weighted by atomic mass is 10.0. The molecule has 0 saturated heterocycles. The number of nitrogens with zero attached hydrogens (tertiary/aromatic N) is 2. The van der Waals surface area contributed by atoms with Crippen LogP contribution in [0, 0.1) is 6.92 Å². The number of rotatable bonds is 13. The predicted molar refractivity (Wildman–Crippen MR) is 181 cm³/mol. The molecule has 0 aliphatic rings. The number of sulfonamides is 1. The predicted octanol–water partition coefficient (Wildman–Crippen LogP) is 7.05. The second-order valence-electron chi connectivity index (χ2n) is 10.9. The maximum absolute atomic E-state index is 14.6. The molecule has 0 radical (unpaired) electrons. The van der Waals surface area contributed by atoms with Crippen LogP contribution in [0.4, 0.5) is 5.69 Å². The molecule has 0 aliphatic heterocycles. The van der Waals surface area contributed by atoms with Crippen LogP contribution >= 0.6 is 23.2 Å². The van der Waals surface area contributed by atoms with E-state index in [9.17, 15) is 18.0 Å². The van der Waals surface area contributed by atoms with Gasteiger partial charge in [-0.05, 0) is 73.4 Å². The van der Waals surface area contributed by atoms with Gasteiger partial charge >= 0.3 is 0 Å². The van der Waals surface area contributed by atoms with Crippen molar-refractivity contribution in [1.82, 2.24) is 10.2 Å². The molecule has 0 saturated carbocycles. The molecule has 0 fully saturated rings.